The molecule has 1 heterocycles. The molecule has 2 aromatic carbocycles. The molecule has 0 atom stereocenters. The fourth-order valence-corrected chi connectivity index (χ4v) is 3.17. The highest BCUT2D eigenvalue weighted by molar-refractivity contribution is 6.04. The van der Waals surface area contributed by atoms with Crippen LogP contribution in [0.4, 0.5) is 18.9 Å². The van der Waals surface area contributed by atoms with Gasteiger partial charge < -0.3 is 15.0 Å². The summed E-state index contributed by atoms with van der Waals surface area (Å²) in [6.45, 7) is 2.78. The smallest absolute Gasteiger partial charge is 0.416 e. The van der Waals surface area contributed by atoms with Crippen molar-refractivity contribution in [1.82, 2.24) is 4.90 Å². The van der Waals surface area contributed by atoms with Crippen molar-refractivity contribution in [2.45, 2.75) is 25.9 Å². The molecule has 0 radical (unpaired) electrons. The Hall–Kier alpha value is -3.03. The molecule has 0 aliphatic carbocycles. The van der Waals surface area contributed by atoms with E-state index in [0.29, 0.717) is 24.3 Å². The average Bonchev–Trinajstić information content (AvgIpc) is 3.22. The number of ether oxygens (including phenoxy) is 1. The maximum absolute atomic E-state index is 12.7. The Morgan fingerprint density at radius 3 is 2.34 bits per heavy atom. The van der Waals surface area contributed by atoms with Crippen molar-refractivity contribution in [3.8, 4) is 5.75 Å². The summed E-state index contributed by atoms with van der Waals surface area (Å²) in [7, 11) is 0. The molecule has 0 spiro atoms. The number of likely N-dealkylation sites (tertiary alicyclic amines) is 1. The van der Waals surface area contributed by atoms with Crippen LogP contribution < -0.4 is 10.1 Å². The number of carbonyl (C=O) groups excluding carboxylic acids is 2. The van der Waals surface area contributed by atoms with Crippen LogP contribution in [0.5, 0.6) is 5.75 Å². The summed E-state index contributed by atoms with van der Waals surface area (Å²) in [5.41, 5.74) is 0.775. The normalized spacial score (nSPS) is 14.0. The van der Waals surface area contributed by atoms with Gasteiger partial charge in [-0.25, -0.2) is 0 Å². The number of nitrogens with one attached hydrogen (secondary N) is 1. The van der Waals surface area contributed by atoms with E-state index in [0.717, 1.165) is 42.7 Å². The molecule has 0 aromatic heterocycles. The van der Waals surface area contributed by atoms with Crippen molar-refractivity contribution in [1.29, 1.82) is 0 Å². The lowest BCUT2D eigenvalue weighted by atomic mass is 10.1. The predicted octanol–water partition coefficient (Wildman–Crippen LogP) is 4.27. The highest BCUT2D eigenvalue weighted by Crippen LogP contribution is 2.30. The second kappa shape index (κ2) is 8.55. The number of para-hydroxylation sites is 1. The highest BCUT2D eigenvalue weighted by atomic mass is 19.4. The third-order valence-corrected chi connectivity index (χ3v) is 4.71. The Morgan fingerprint density at radius 2 is 1.72 bits per heavy atom. The van der Waals surface area contributed by atoms with Crippen LogP contribution in [0, 0.1) is 6.92 Å². The number of halogens is 3. The summed E-state index contributed by atoms with van der Waals surface area (Å²) in [6, 6.07) is 9.31. The molecule has 5 nitrogen and oxygen atoms in total. The monoisotopic (exact) mass is 406 g/mol. The summed E-state index contributed by atoms with van der Waals surface area (Å²) < 4.78 is 43.1. The van der Waals surface area contributed by atoms with Crippen molar-refractivity contribution < 1.29 is 27.5 Å². The van der Waals surface area contributed by atoms with Crippen LogP contribution in [0.15, 0.2) is 42.5 Å². The van der Waals surface area contributed by atoms with Gasteiger partial charge in [0.15, 0.2) is 6.61 Å². The number of nitrogens with zero attached hydrogens (tertiary/aromatic N) is 1. The SMILES string of the molecule is Cc1cccc(C(=O)N2CCCC2)c1NC(=O)COc1ccc(C(F)(F)F)cc1. The molecule has 1 fully saturated rings. The lowest BCUT2D eigenvalue weighted by molar-refractivity contribution is -0.137. The highest BCUT2D eigenvalue weighted by Gasteiger charge is 2.30. The second-order valence-corrected chi connectivity index (χ2v) is 6.86. The number of hydrogen-bond acceptors (Lipinski definition) is 3. The number of carbonyl (C=O) groups is 2. The van der Waals surface area contributed by atoms with E-state index in [4.69, 9.17) is 4.74 Å². The maximum Gasteiger partial charge on any atom is 0.416 e. The molecular weight excluding hydrogens is 385 g/mol. The zero-order valence-electron chi connectivity index (χ0n) is 15.9. The number of rotatable bonds is 5. The van der Waals surface area contributed by atoms with Gasteiger partial charge in [0, 0.05) is 13.1 Å². The summed E-state index contributed by atoms with van der Waals surface area (Å²) >= 11 is 0. The first kappa shape index (κ1) is 20.7. The zero-order chi connectivity index (χ0) is 21.0. The average molecular weight is 406 g/mol. The fourth-order valence-electron chi connectivity index (χ4n) is 3.17. The number of anilines is 1. The number of hydrogen-bond donors (Lipinski definition) is 1. The van der Waals surface area contributed by atoms with E-state index in [-0.39, 0.29) is 11.7 Å². The Kier molecular flexibility index (Phi) is 6.10. The maximum atomic E-state index is 12.7. The van der Waals surface area contributed by atoms with Crippen molar-refractivity contribution in [2.75, 3.05) is 25.0 Å². The van der Waals surface area contributed by atoms with Crippen molar-refractivity contribution in [3.05, 3.63) is 59.2 Å². The molecule has 1 N–H and O–H groups in total. The second-order valence-electron chi connectivity index (χ2n) is 6.86. The Labute approximate surface area is 166 Å². The van der Waals surface area contributed by atoms with E-state index in [1.54, 1.807) is 30.0 Å². The summed E-state index contributed by atoms with van der Waals surface area (Å²) in [5.74, 6) is -0.494. The lowest BCUT2D eigenvalue weighted by Crippen LogP contribution is -2.29. The zero-order valence-corrected chi connectivity index (χ0v) is 15.9. The van der Waals surface area contributed by atoms with Crippen LogP contribution in [-0.2, 0) is 11.0 Å². The van der Waals surface area contributed by atoms with Gasteiger partial charge >= 0.3 is 6.18 Å². The van der Waals surface area contributed by atoms with Gasteiger partial charge in [0.1, 0.15) is 5.75 Å². The molecule has 0 saturated carbocycles. The van der Waals surface area contributed by atoms with Gasteiger partial charge in [0.05, 0.1) is 16.8 Å². The van der Waals surface area contributed by atoms with Gasteiger partial charge in [0.2, 0.25) is 0 Å². The standard InChI is InChI=1S/C21H21F3N2O3/c1-14-5-4-6-17(20(28)26-11-2-3-12-26)19(14)25-18(27)13-29-16-9-7-15(8-10-16)21(22,23)24/h4-10H,2-3,11-13H2,1H3,(H,25,27). The van der Waals surface area contributed by atoms with Crippen LogP contribution in [0.2, 0.25) is 0 Å². The molecular formula is C21H21F3N2O3. The third-order valence-electron chi connectivity index (χ3n) is 4.71. The predicted molar refractivity (Wildman–Crippen MR) is 102 cm³/mol. The lowest BCUT2D eigenvalue weighted by Gasteiger charge is -2.19. The number of benzene rings is 2. The van der Waals surface area contributed by atoms with E-state index < -0.39 is 24.3 Å². The minimum atomic E-state index is -4.43. The molecule has 1 saturated heterocycles. The molecule has 1 aliphatic heterocycles. The first-order chi connectivity index (χ1) is 13.8. The van der Waals surface area contributed by atoms with Crippen LogP contribution in [0.25, 0.3) is 0 Å². The van der Waals surface area contributed by atoms with Crippen LogP contribution in [0.1, 0.15) is 34.3 Å². The Morgan fingerprint density at radius 1 is 1.07 bits per heavy atom. The van der Waals surface area contributed by atoms with E-state index >= 15 is 0 Å². The van der Waals surface area contributed by atoms with Gasteiger partial charge in [-0.05, 0) is 55.7 Å². The summed E-state index contributed by atoms with van der Waals surface area (Å²) in [6.07, 6.45) is -2.51. The largest absolute Gasteiger partial charge is 0.484 e. The summed E-state index contributed by atoms with van der Waals surface area (Å²) in [5, 5.41) is 2.70. The third kappa shape index (κ3) is 5.07. The molecule has 154 valence electrons. The molecule has 3 rings (SSSR count). The Bertz CT molecular complexity index is 889. The van der Waals surface area contributed by atoms with Gasteiger partial charge in [-0.2, -0.15) is 13.2 Å². The Balaban J connectivity index is 1.65. The van der Waals surface area contributed by atoms with E-state index in [1.165, 1.54) is 0 Å². The number of alkyl halides is 3. The van der Waals surface area contributed by atoms with Gasteiger partial charge in [-0.3, -0.25) is 9.59 Å². The summed E-state index contributed by atoms with van der Waals surface area (Å²) in [4.78, 5) is 26.8. The molecule has 0 bridgehead atoms. The van der Waals surface area contributed by atoms with Gasteiger partial charge in [0.25, 0.3) is 11.8 Å². The van der Waals surface area contributed by atoms with E-state index in [1.807, 2.05) is 0 Å². The van der Waals surface area contributed by atoms with Crippen molar-refractivity contribution >= 4 is 17.5 Å². The molecule has 2 aromatic rings. The van der Waals surface area contributed by atoms with E-state index in [2.05, 4.69) is 5.32 Å². The first-order valence-corrected chi connectivity index (χ1v) is 9.24. The van der Waals surface area contributed by atoms with Crippen LogP contribution in [-0.4, -0.2) is 36.4 Å². The van der Waals surface area contributed by atoms with Crippen molar-refractivity contribution in [3.63, 3.8) is 0 Å². The van der Waals surface area contributed by atoms with Gasteiger partial charge in [-0.15, -0.1) is 0 Å². The van der Waals surface area contributed by atoms with Crippen LogP contribution in [0.3, 0.4) is 0 Å². The molecule has 1 aliphatic rings. The minimum Gasteiger partial charge on any atom is -0.484 e. The van der Waals surface area contributed by atoms with Gasteiger partial charge in [-0.1, -0.05) is 12.1 Å². The molecule has 8 heteroatoms. The van der Waals surface area contributed by atoms with Crippen molar-refractivity contribution in [2.24, 2.45) is 0 Å². The topological polar surface area (TPSA) is 58.6 Å². The van der Waals surface area contributed by atoms with Crippen LogP contribution >= 0.6 is 0 Å². The molecule has 2 amide bonds. The number of amides is 2. The quantitative estimate of drug-likeness (QED) is 0.807. The number of aryl methyl sites for hydroxylation is 1. The molecule has 29 heavy (non-hydrogen) atoms. The molecule has 0 unspecified atom stereocenters. The van der Waals surface area contributed by atoms with E-state index in [9.17, 15) is 22.8 Å². The first-order valence-electron chi connectivity index (χ1n) is 9.24. The minimum absolute atomic E-state index is 0.134. The fraction of sp³-hybridized carbons (Fsp3) is 0.333.